The lowest BCUT2D eigenvalue weighted by molar-refractivity contribution is -0.151. The van der Waals surface area contributed by atoms with Crippen LogP contribution in [0.25, 0.3) is 6.08 Å². The topological polar surface area (TPSA) is 114 Å². The number of benzene rings is 2. The first-order chi connectivity index (χ1) is 16.8. The summed E-state index contributed by atoms with van der Waals surface area (Å²) in [6, 6.07) is 15.4. The number of rotatable bonds is 9. The molecule has 3 amide bonds. The van der Waals surface area contributed by atoms with Gasteiger partial charge in [0.1, 0.15) is 30.7 Å². The lowest BCUT2D eigenvalue weighted by atomic mass is 10.1. The molecule has 0 bridgehead atoms. The number of nitrogens with zero attached hydrogens (tertiary/aromatic N) is 1. The smallest absolute Gasteiger partial charge is 0.308 e. The van der Waals surface area contributed by atoms with Crippen LogP contribution in [0.3, 0.4) is 0 Å². The van der Waals surface area contributed by atoms with Crippen LogP contribution < -0.4 is 15.4 Å². The van der Waals surface area contributed by atoms with Gasteiger partial charge in [-0.2, -0.15) is 0 Å². The summed E-state index contributed by atoms with van der Waals surface area (Å²) in [5.41, 5.74) is 1.69. The van der Waals surface area contributed by atoms with Crippen LogP contribution >= 0.6 is 0 Å². The maximum absolute atomic E-state index is 13.4. The van der Waals surface area contributed by atoms with Crippen molar-refractivity contribution in [1.82, 2.24) is 15.5 Å². The van der Waals surface area contributed by atoms with Gasteiger partial charge >= 0.3 is 5.97 Å². The lowest BCUT2D eigenvalue weighted by Crippen LogP contribution is -2.58. The first-order valence-corrected chi connectivity index (χ1v) is 11.3. The van der Waals surface area contributed by atoms with E-state index in [0.29, 0.717) is 5.75 Å². The highest BCUT2D eigenvalue weighted by atomic mass is 16.6. The third-order valence-corrected chi connectivity index (χ3v) is 5.34. The Balaban J connectivity index is 1.67. The van der Waals surface area contributed by atoms with Crippen LogP contribution in [0, 0.1) is 6.92 Å². The van der Waals surface area contributed by atoms with E-state index in [9.17, 15) is 19.2 Å². The van der Waals surface area contributed by atoms with E-state index in [1.165, 1.54) is 11.8 Å². The molecule has 9 heteroatoms. The number of amides is 3. The average molecular weight is 480 g/mol. The Kier molecular flexibility index (Phi) is 9.00. The number of para-hydroxylation sites is 1. The van der Waals surface area contributed by atoms with E-state index in [1.54, 1.807) is 18.2 Å². The van der Waals surface area contributed by atoms with Crippen LogP contribution in [0.15, 0.2) is 60.3 Å². The fourth-order valence-electron chi connectivity index (χ4n) is 3.61. The van der Waals surface area contributed by atoms with Gasteiger partial charge in [0, 0.05) is 20.0 Å². The SMILES string of the molecule is CC(=O)N/C(=C/c1ccccc1C)C(=O)N1CCNC(=O)C1CC(=O)OCCOc1ccccc1. The molecule has 35 heavy (non-hydrogen) atoms. The molecule has 184 valence electrons. The van der Waals surface area contributed by atoms with Crippen molar-refractivity contribution >= 4 is 29.8 Å². The number of hydrogen-bond donors (Lipinski definition) is 2. The van der Waals surface area contributed by atoms with Gasteiger partial charge in [-0.05, 0) is 36.3 Å². The van der Waals surface area contributed by atoms with Gasteiger partial charge in [-0.25, -0.2) is 0 Å². The molecule has 0 spiro atoms. The molecular formula is C26H29N3O6. The molecule has 2 aromatic rings. The standard InChI is InChI=1S/C26H29N3O6/c1-18-8-6-7-9-20(18)16-22(28-19(2)30)26(33)29-13-12-27-25(32)23(29)17-24(31)35-15-14-34-21-10-4-3-5-11-21/h3-11,16,23H,12-15,17H2,1-2H3,(H,27,32)(H,28,30)/b22-16+. The Morgan fingerprint density at radius 3 is 2.51 bits per heavy atom. The Hall–Kier alpha value is -4.14. The van der Waals surface area contributed by atoms with E-state index >= 15 is 0 Å². The van der Waals surface area contributed by atoms with E-state index in [-0.39, 0.29) is 38.4 Å². The van der Waals surface area contributed by atoms with E-state index in [2.05, 4.69) is 10.6 Å². The van der Waals surface area contributed by atoms with Crippen molar-refractivity contribution in [2.45, 2.75) is 26.3 Å². The zero-order chi connectivity index (χ0) is 25.2. The molecule has 1 unspecified atom stereocenters. The second-order valence-electron chi connectivity index (χ2n) is 7.99. The van der Waals surface area contributed by atoms with Gasteiger partial charge in [-0.1, -0.05) is 42.5 Å². The maximum atomic E-state index is 13.4. The summed E-state index contributed by atoms with van der Waals surface area (Å²) >= 11 is 0. The van der Waals surface area contributed by atoms with E-state index in [0.717, 1.165) is 11.1 Å². The van der Waals surface area contributed by atoms with Crippen LogP contribution in [0.5, 0.6) is 5.75 Å². The van der Waals surface area contributed by atoms with Crippen LogP contribution in [0.2, 0.25) is 0 Å². The monoisotopic (exact) mass is 479 g/mol. The summed E-state index contributed by atoms with van der Waals surface area (Å²) < 4.78 is 10.7. The molecule has 0 aliphatic carbocycles. The Morgan fingerprint density at radius 2 is 1.80 bits per heavy atom. The summed E-state index contributed by atoms with van der Waals surface area (Å²) in [6.45, 7) is 3.76. The van der Waals surface area contributed by atoms with Crippen molar-refractivity contribution in [3.05, 3.63) is 71.4 Å². The van der Waals surface area contributed by atoms with Crippen molar-refractivity contribution in [3.8, 4) is 5.75 Å². The minimum Gasteiger partial charge on any atom is -0.490 e. The summed E-state index contributed by atoms with van der Waals surface area (Å²) in [4.78, 5) is 51.5. The van der Waals surface area contributed by atoms with Gasteiger partial charge in [0.05, 0.1) is 6.42 Å². The molecule has 2 aromatic carbocycles. The van der Waals surface area contributed by atoms with E-state index < -0.39 is 29.7 Å². The van der Waals surface area contributed by atoms with Crippen LogP contribution in [0.1, 0.15) is 24.5 Å². The van der Waals surface area contributed by atoms with E-state index in [1.807, 2.05) is 49.4 Å². The normalized spacial score (nSPS) is 15.7. The van der Waals surface area contributed by atoms with Gasteiger partial charge in [0.25, 0.3) is 5.91 Å². The second kappa shape index (κ2) is 12.4. The maximum Gasteiger partial charge on any atom is 0.308 e. The third-order valence-electron chi connectivity index (χ3n) is 5.34. The molecule has 1 aliphatic rings. The summed E-state index contributed by atoms with van der Waals surface area (Å²) in [5, 5.41) is 5.24. The molecule has 1 atom stereocenters. The molecule has 9 nitrogen and oxygen atoms in total. The Bertz CT molecular complexity index is 1100. The fraction of sp³-hybridized carbons (Fsp3) is 0.308. The molecule has 3 rings (SSSR count). The fourth-order valence-corrected chi connectivity index (χ4v) is 3.61. The largest absolute Gasteiger partial charge is 0.490 e. The summed E-state index contributed by atoms with van der Waals surface area (Å²) in [5.74, 6) is -1.42. The average Bonchev–Trinajstić information content (AvgIpc) is 2.84. The van der Waals surface area contributed by atoms with Gasteiger partial charge in [0.15, 0.2) is 0 Å². The summed E-state index contributed by atoms with van der Waals surface area (Å²) in [7, 11) is 0. The number of carbonyl (C=O) groups excluding carboxylic acids is 4. The zero-order valence-corrected chi connectivity index (χ0v) is 19.8. The van der Waals surface area contributed by atoms with E-state index in [4.69, 9.17) is 9.47 Å². The van der Waals surface area contributed by atoms with Crippen molar-refractivity contribution in [3.63, 3.8) is 0 Å². The number of aryl methyl sites for hydroxylation is 1. The highest BCUT2D eigenvalue weighted by Crippen LogP contribution is 2.17. The zero-order valence-electron chi connectivity index (χ0n) is 19.8. The van der Waals surface area contributed by atoms with Crippen molar-refractivity contribution in [2.24, 2.45) is 0 Å². The first-order valence-electron chi connectivity index (χ1n) is 11.3. The van der Waals surface area contributed by atoms with Crippen LogP contribution in [-0.2, 0) is 23.9 Å². The molecule has 0 aromatic heterocycles. The highest BCUT2D eigenvalue weighted by Gasteiger charge is 2.36. The minimum atomic E-state index is -1.06. The quantitative estimate of drug-likeness (QED) is 0.322. The Labute approximate surface area is 204 Å². The number of ether oxygens (including phenoxy) is 2. The van der Waals surface area contributed by atoms with Gasteiger partial charge in [-0.3, -0.25) is 19.2 Å². The third kappa shape index (κ3) is 7.43. The number of piperazine rings is 1. The molecular weight excluding hydrogens is 450 g/mol. The Morgan fingerprint density at radius 1 is 1.09 bits per heavy atom. The molecule has 0 saturated carbocycles. The first kappa shape index (κ1) is 25.5. The second-order valence-corrected chi connectivity index (χ2v) is 7.99. The van der Waals surface area contributed by atoms with Crippen LogP contribution in [0.4, 0.5) is 0 Å². The molecule has 1 fully saturated rings. The molecule has 2 N–H and O–H groups in total. The van der Waals surface area contributed by atoms with Gasteiger partial charge in [0.2, 0.25) is 11.8 Å². The molecule has 1 saturated heterocycles. The molecule has 1 heterocycles. The minimum absolute atomic E-state index is 0.000339. The van der Waals surface area contributed by atoms with Gasteiger partial charge < -0.3 is 25.0 Å². The predicted molar refractivity (Wildman–Crippen MR) is 129 cm³/mol. The predicted octanol–water partition coefficient (Wildman–Crippen LogP) is 1.81. The number of carbonyl (C=O) groups is 4. The van der Waals surface area contributed by atoms with Crippen molar-refractivity contribution in [1.29, 1.82) is 0 Å². The van der Waals surface area contributed by atoms with Crippen molar-refractivity contribution in [2.75, 3.05) is 26.3 Å². The number of esters is 1. The van der Waals surface area contributed by atoms with Crippen molar-refractivity contribution < 1.29 is 28.7 Å². The highest BCUT2D eigenvalue weighted by molar-refractivity contribution is 6.03. The molecule has 1 aliphatic heterocycles. The summed E-state index contributed by atoms with van der Waals surface area (Å²) in [6.07, 6.45) is 1.25. The number of hydrogen-bond acceptors (Lipinski definition) is 6. The van der Waals surface area contributed by atoms with Crippen LogP contribution in [-0.4, -0.2) is 60.9 Å². The lowest BCUT2D eigenvalue weighted by Gasteiger charge is -2.35. The van der Waals surface area contributed by atoms with Gasteiger partial charge in [-0.15, -0.1) is 0 Å². The number of nitrogens with one attached hydrogen (secondary N) is 2. The molecule has 0 radical (unpaired) electrons.